The fourth-order valence-electron chi connectivity index (χ4n) is 2.27. The summed E-state index contributed by atoms with van der Waals surface area (Å²) in [6.45, 7) is 7.71. The molecule has 0 heterocycles. The van der Waals surface area contributed by atoms with Crippen molar-refractivity contribution in [2.75, 3.05) is 6.54 Å². The average Bonchev–Trinajstić information content (AvgIpc) is 2.37. The smallest absolute Gasteiger partial charge is 0.131 e. The highest BCUT2D eigenvalue weighted by molar-refractivity contribution is 5.68. The topological polar surface area (TPSA) is 12.0 Å². The highest BCUT2D eigenvalue weighted by Crippen LogP contribution is 2.27. The molecule has 0 spiro atoms. The van der Waals surface area contributed by atoms with Crippen molar-refractivity contribution >= 4 is 0 Å². The van der Waals surface area contributed by atoms with Crippen LogP contribution in [0.4, 0.5) is 4.39 Å². The first-order valence-electron chi connectivity index (χ1n) is 6.68. The molecule has 0 fully saturated rings. The molecular formula is C17H20FN. The third kappa shape index (κ3) is 3.21. The standard InChI is InChI=1S/C17H20FN/c1-4-19-11-14-6-8-16(17(18)10-14)15-7-5-12(2)9-13(15)3/h5-10,19H,4,11H2,1-3H3. The Morgan fingerprint density at radius 1 is 1.00 bits per heavy atom. The third-order valence-electron chi connectivity index (χ3n) is 3.28. The molecule has 0 aliphatic heterocycles. The summed E-state index contributed by atoms with van der Waals surface area (Å²) in [4.78, 5) is 0. The molecule has 1 nitrogen and oxygen atoms in total. The van der Waals surface area contributed by atoms with E-state index in [1.165, 1.54) is 5.56 Å². The second kappa shape index (κ2) is 5.98. The van der Waals surface area contributed by atoms with Crippen LogP contribution >= 0.6 is 0 Å². The van der Waals surface area contributed by atoms with Crippen LogP contribution in [0.15, 0.2) is 36.4 Å². The minimum absolute atomic E-state index is 0.151. The maximum absolute atomic E-state index is 14.2. The Hall–Kier alpha value is -1.67. The van der Waals surface area contributed by atoms with Crippen LogP contribution in [0.2, 0.25) is 0 Å². The van der Waals surface area contributed by atoms with Gasteiger partial charge >= 0.3 is 0 Å². The van der Waals surface area contributed by atoms with Gasteiger partial charge in [0.2, 0.25) is 0 Å². The molecule has 0 aliphatic rings. The summed E-state index contributed by atoms with van der Waals surface area (Å²) >= 11 is 0. The van der Waals surface area contributed by atoms with Crippen LogP contribution in [0.25, 0.3) is 11.1 Å². The molecule has 2 aromatic carbocycles. The fraction of sp³-hybridized carbons (Fsp3) is 0.294. The number of hydrogen-bond acceptors (Lipinski definition) is 1. The summed E-state index contributed by atoms with van der Waals surface area (Å²) in [5, 5.41) is 3.20. The zero-order valence-electron chi connectivity index (χ0n) is 11.8. The zero-order chi connectivity index (χ0) is 13.8. The third-order valence-corrected chi connectivity index (χ3v) is 3.28. The van der Waals surface area contributed by atoms with Gasteiger partial charge in [0, 0.05) is 12.1 Å². The summed E-state index contributed by atoms with van der Waals surface area (Å²) in [7, 11) is 0. The van der Waals surface area contributed by atoms with Gasteiger partial charge in [-0.05, 0) is 43.1 Å². The lowest BCUT2D eigenvalue weighted by Crippen LogP contribution is -2.11. The highest BCUT2D eigenvalue weighted by atomic mass is 19.1. The molecule has 2 aromatic rings. The number of aryl methyl sites for hydroxylation is 2. The number of hydrogen-bond donors (Lipinski definition) is 1. The fourth-order valence-corrected chi connectivity index (χ4v) is 2.27. The van der Waals surface area contributed by atoms with E-state index in [-0.39, 0.29) is 5.82 Å². The number of rotatable bonds is 4. The van der Waals surface area contributed by atoms with Crippen molar-refractivity contribution in [3.8, 4) is 11.1 Å². The van der Waals surface area contributed by atoms with E-state index in [4.69, 9.17) is 0 Å². The second-order valence-electron chi connectivity index (χ2n) is 4.91. The minimum atomic E-state index is -0.151. The molecule has 0 saturated carbocycles. The van der Waals surface area contributed by atoms with Crippen molar-refractivity contribution in [1.82, 2.24) is 5.32 Å². The molecule has 0 unspecified atom stereocenters. The van der Waals surface area contributed by atoms with E-state index < -0.39 is 0 Å². The van der Waals surface area contributed by atoms with Crippen molar-refractivity contribution in [2.45, 2.75) is 27.3 Å². The van der Waals surface area contributed by atoms with Crippen LogP contribution < -0.4 is 5.32 Å². The van der Waals surface area contributed by atoms with E-state index in [0.717, 1.165) is 23.2 Å². The van der Waals surface area contributed by atoms with E-state index >= 15 is 0 Å². The zero-order valence-corrected chi connectivity index (χ0v) is 11.8. The Morgan fingerprint density at radius 3 is 2.37 bits per heavy atom. The van der Waals surface area contributed by atoms with Crippen molar-refractivity contribution in [3.63, 3.8) is 0 Å². The van der Waals surface area contributed by atoms with Gasteiger partial charge in [0.15, 0.2) is 0 Å². The van der Waals surface area contributed by atoms with Crippen molar-refractivity contribution in [1.29, 1.82) is 0 Å². The SMILES string of the molecule is CCNCc1ccc(-c2ccc(C)cc2C)c(F)c1. The van der Waals surface area contributed by atoms with Crippen molar-refractivity contribution in [3.05, 3.63) is 58.9 Å². The second-order valence-corrected chi connectivity index (χ2v) is 4.91. The summed E-state index contributed by atoms with van der Waals surface area (Å²) in [6, 6.07) is 11.6. The molecular weight excluding hydrogens is 237 g/mol. The Balaban J connectivity index is 2.35. The molecule has 0 atom stereocenters. The van der Waals surface area contributed by atoms with Crippen LogP contribution in [0.1, 0.15) is 23.6 Å². The Morgan fingerprint density at radius 2 is 1.74 bits per heavy atom. The van der Waals surface area contributed by atoms with E-state index in [1.54, 1.807) is 6.07 Å². The summed E-state index contributed by atoms with van der Waals surface area (Å²) in [5.74, 6) is -0.151. The summed E-state index contributed by atoms with van der Waals surface area (Å²) in [6.07, 6.45) is 0. The van der Waals surface area contributed by atoms with E-state index in [0.29, 0.717) is 12.1 Å². The van der Waals surface area contributed by atoms with Crippen LogP contribution in [0, 0.1) is 19.7 Å². The lowest BCUT2D eigenvalue weighted by molar-refractivity contribution is 0.625. The van der Waals surface area contributed by atoms with Gasteiger partial charge in [-0.3, -0.25) is 0 Å². The molecule has 0 bridgehead atoms. The molecule has 0 aliphatic carbocycles. The van der Waals surface area contributed by atoms with Crippen LogP contribution in [-0.2, 0) is 6.54 Å². The largest absolute Gasteiger partial charge is 0.313 e. The average molecular weight is 257 g/mol. The summed E-state index contributed by atoms with van der Waals surface area (Å²) in [5.41, 5.74) is 4.94. The van der Waals surface area contributed by atoms with Gasteiger partial charge in [0.25, 0.3) is 0 Å². The normalized spacial score (nSPS) is 10.7. The number of benzene rings is 2. The van der Waals surface area contributed by atoms with Gasteiger partial charge < -0.3 is 5.32 Å². The van der Waals surface area contributed by atoms with Crippen LogP contribution in [0.3, 0.4) is 0 Å². The maximum Gasteiger partial charge on any atom is 0.131 e. The maximum atomic E-state index is 14.2. The number of nitrogens with one attached hydrogen (secondary N) is 1. The monoisotopic (exact) mass is 257 g/mol. The molecule has 1 N–H and O–H groups in total. The number of halogens is 1. The first-order valence-corrected chi connectivity index (χ1v) is 6.68. The van der Waals surface area contributed by atoms with Crippen molar-refractivity contribution < 1.29 is 4.39 Å². The Labute approximate surface area is 114 Å². The Bertz CT molecular complexity index is 575. The van der Waals surface area contributed by atoms with Crippen LogP contribution in [0.5, 0.6) is 0 Å². The van der Waals surface area contributed by atoms with Gasteiger partial charge in [-0.1, -0.05) is 42.8 Å². The lowest BCUT2D eigenvalue weighted by atomic mass is 9.97. The predicted molar refractivity (Wildman–Crippen MR) is 78.7 cm³/mol. The lowest BCUT2D eigenvalue weighted by Gasteiger charge is -2.10. The first-order chi connectivity index (χ1) is 9.11. The molecule has 0 amide bonds. The summed E-state index contributed by atoms with van der Waals surface area (Å²) < 4.78 is 14.2. The molecule has 2 heteroatoms. The molecule has 0 radical (unpaired) electrons. The Kier molecular flexibility index (Phi) is 4.33. The molecule has 100 valence electrons. The quantitative estimate of drug-likeness (QED) is 0.864. The minimum Gasteiger partial charge on any atom is -0.313 e. The van der Waals surface area contributed by atoms with Gasteiger partial charge in [0.1, 0.15) is 5.82 Å². The van der Waals surface area contributed by atoms with E-state index in [9.17, 15) is 4.39 Å². The van der Waals surface area contributed by atoms with E-state index in [2.05, 4.69) is 11.4 Å². The van der Waals surface area contributed by atoms with Gasteiger partial charge in [-0.2, -0.15) is 0 Å². The van der Waals surface area contributed by atoms with E-state index in [1.807, 2.05) is 45.0 Å². The van der Waals surface area contributed by atoms with Crippen molar-refractivity contribution in [2.24, 2.45) is 0 Å². The highest BCUT2D eigenvalue weighted by Gasteiger charge is 2.08. The van der Waals surface area contributed by atoms with Gasteiger partial charge in [-0.15, -0.1) is 0 Å². The molecule has 0 saturated heterocycles. The molecule has 0 aromatic heterocycles. The van der Waals surface area contributed by atoms with Gasteiger partial charge in [0.05, 0.1) is 0 Å². The molecule has 19 heavy (non-hydrogen) atoms. The first kappa shape index (κ1) is 13.8. The van der Waals surface area contributed by atoms with Gasteiger partial charge in [-0.25, -0.2) is 4.39 Å². The molecule has 2 rings (SSSR count). The predicted octanol–water partition coefficient (Wildman–Crippen LogP) is 4.22. The van der Waals surface area contributed by atoms with Crippen LogP contribution in [-0.4, -0.2) is 6.54 Å².